The molecule has 0 fully saturated rings. The van der Waals surface area contributed by atoms with Crippen molar-refractivity contribution >= 4 is 23.4 Å². The fourth-order valence-electron chi connectivity index (χ4n) is 3.39. The SMILES string of the molecule is C/C=C\C(Cl)=C=C/C=C/CC(CC)CCN(C)CCCc1ccc(C(/C=N\CO)=C/C)nc1. The van der Waals surface area contributed by atoms with E-state index >= 15 is 0 Å². The molecule has 0 spiro atoms. The Morgan fingerprint density at radius 3 is 2.76 bits per heavy atom. The van der Waals surface area contributed by atoms with E-state index in [1.807, 2.05) is 56.5 Å². The molecule has 1 rings (SSSR count). The Morgan fingerprint density at radius 2 is 2.12 bits per heavy atom. The third-order valence-electron chi connectivity index (χ3n) is 5.48. The second-order valence-corrected chi connectivity index (χ2v) is 8.45. The quantitative estimate of drug-likeness (QED) is 0.179. The first-order chi connectivity index (χ1) is 16.0. The van der Waals surface area contributed by atoms with E-state index in [0.717, 1.165) is 43.6 Å². The number of aliphatic hydroxyl groups excluding tert-OH is 1. The van der Waals surface area contributed by atoms with Crippen LogP contribution in [0.5, 0.6) is 0 Å². The number of aromatic nitrogens is 1. The zero-order chi connectivity index (χ0) is 24.3. The third kappa shape index (κ3) is 13.2. The number of halogens is 1. The number of nitrogens with zero attached hydrogens (tertiary/aromatic N) is 3. The molecule has 0 bridgehead atoms. The first-order valence-corrected chi connectivity index (χ1v) is 12.2. The van der Waals surface area contributed by atoms with E-state index in [-0.39, 0.29) is 6.73 Å². The zero-order valence-electron chi connectivity index (χ0n) is 20.7. The van der Waals surface area contributed by atoms with Gasteiger partial charge in [-0.2, -0.15) is 0 Å². The summed E-state index contributed by atoms with van der Waals surface area (Å²) in [6.45, 7) is 8.13. The number of hydrogen-bond acceptors (Lipinski definition) is 4. The van der Waals surface area contributed by atoms with Gasteiger partial charge in [0.1, 0.15) is 6.73 Å². The minimum atomic E-state index is -0.208. The summed E-state index contributed by atoms with van der Waals surface area (Å²) in [5.41, 5.74) is 6.07. The molecule has 1 N–H and O–H groups in total. The molecule has 0 aliphatic rings. The fourth-order valence-corrected chi connectivity index (χ4v) is 3.58. The molecule has 1 aromatic heterocycles. The van der Waals surface area contributed by atoms with Gasteiger partial charge in [0.25, 0.3) is 0 Å². The zero-order valence-corrected chi connectivity index (χ0v) is 21.4. The minimum Gasteiger partial charge on any atom is -0.375 e. The van der Waals surface area contributed by atoms with Crippen molar-refractivity contribution in [3.05, 3.63) is 76.8 Å². The van der Waals surface area contributed by atoms with Crippen molar-refractivity contribution < 1.29 is 5.11 Å². The molecule has 1 aromatic rings. The molecule has 0 aromatic carbocycles. The molecule has 0 saturated carbocycles. The smallest absolute Gasteiger partial charge is 0.134 e. The molecule has 1 unspecified atom stereocenters. The maximum atomic E-state index is 8.85. The minimum absolute atomic E-state index is 0.208. The molecule has 4 nitrogen and oxygen atoms in total. The summed E-state index contributed by atoms with van der Waals surface area (Å²) in [5, 5.41) is 9.48. The Hall–Kier alpha value is -2.23. The fraction of sp³-hybridized carbons (Fsp3) is 0.464. The molecule has 0 radical (unpaired) electrons. The maximum absolute atomic E-state index is 8.85. The van der Waals surface area contributed by atoms with Crippen LogP contribution in [0.1, 0.15) is 57.7 Å². The highest BCUT2D eigenvalue weighted by Crippen LogP contribution is 2.15. The summed E-state index contributed by atoms with van der Waals surface area (Å²) in [6, 6.07) is 4.16. The van der Waals surface area contributed by atoms with Crippen LogP contribution in [-0.4, -0.2) is 48.1 Å². The van der Waals surface area contributed by atoms with Crippen LogP contribution in [0.25, 0.3) is 5.57 Å². The molecule has 1 heterocycles. The lowest BCUT2D eigenvalue weighted by molar-refractivity contribution is 0.293. The topological polar surface area (TPSA) is 48.7 Å². The van der Waals surface area contributed by atoms with E-state index in [2.05, 4.69) is 46.7 Å². The lowest BCUT2D eigenvalue weighted by Crippen LogP contribution is -2.23. The van der Waals surface area contributed by atoms with Gasteiger partial charge in [0.2, 0.25) is 0 Å². The molecular formula is C28H40ClN3O. The molecule has 0 amide bonds. The molecular weight excluding hydrogens is 430 g/mol. The number of hydrogen-bond donors (Lipinski definition) is 1. The van der Waals surface area contributed by atoms with E-state index in [1.165, 1.54) is 18.4 Å². The van der Waals surface area contributed by atoms with Gasteiger partial charge in [-0.25, -0.2) is 0 Å². The maximum Gasteiger partial charge on any atom is 0.134 e. The van der Waals surface area contributed by atoms with Gasteiger partial charge in [-0.05, 0) is 89.4 Å². The van der Waals surface area contributed by atoms with Crippen molar-refractivity contribution in [3.8, 4) is 0 Å². The van der Waals surface area contributed by atoms with E-state index in [1.54, 1.807) is 6.21 Å². The molecule has 180 valence electrons. The van der Waals surface area contributed by atoms with E-state index in [4.69, 9.17) is 16.7 Å². The van der Waals surface area contributed by atoms with Crippen LogP contribution in [0, 0.1) is 5.92 Å². The van der Waals surface area contributed by atoms with Crippen LogP contribution < -0.4 is 0 Å². The van der Waals surface area contributed by atoms with Crippen LogP contribution in [0.2, 0.25) is 0 Å². The Morgan fingerprint density at radius 1 is 1.30 bits per heavy atom. The summed E-state index contributed by atoms with van der Waals surface area (Å²) in [5.74, 6) is 0.694. The summed E-state index contributed by atoms with van der Waals surface area (Å²) in [6.07, 6.45) is 21.0. The number of rotatable bonds is 15. The van der Waals surface area contributed by atoms with Crippen molar-refractivity contribution in [3.63, 3.8) is 0 Å². The first kappa shape index (κ1) is 28.8. The van der Waals surface area contributed by atoms with Gasteiger partial charge in [-0.15, -0.1) is 5.73 Å². The molecule has 0 aliphatic heterocycles. The highest BCUT2D eigenvalue weighted by atomic mass is 35.5. The number of aliphatic imine (C=N–C) groups is 1. The lowest BCUT2D eigenvalue weighted by atomic mass is 9.98. The van der Waals surface area contributed by atoms with Crippen LogP contribution >= 0.6 is 11.6 Å². The Balaban J connectivity index is 2.37. The van der Waals surface area contributed by atoms with Gasteiger partial charge in [0, 0.05) is 18.0 Å². The molecule has 0 saturated heterocycles. The standard InChI is InChI=1S/C28H40ClN3O/c1-5-12-27(29)15-10-8-9-13-24(6-2)18-20-32(4)19-11-14-25-16-17-28(31-21-25)26(7-3)22-30-23-33/h5,7-10,12,16-17,21-22,24,33H,6,11,13-14,18-20,23H2,1-4H3/b9-8+,12-5-,26-7+,30-22-. The van der Waals surface area contributed by atoms with Crippen molar-refractivity contribution in [2.24, 2.45) is 10.9 Å². The second kappa shape index (κ2) is 18.2. The first-order valence-electron chi connectivity index (χ1n) is 11.8. The second-order valence-electron chi connectivity index (χ2n) is 8.04. The lowest BCUT2D eigenvalue weighted by Gasteiger charge is -2.20. The third-order valence-corrected chi connectivity index (χ3v) is 5.72. The van der Waals surface area contributed by atoms with Crippen molar-refractivity contribution in [1.82, 2.24) is 9.88 Å². The van der Waals surface area contributed by atoms with Gasteiger partial charge >= 0.3 is 0 Å². The molecule has 5 heteroatoms. The number of aryl methyl sites for hydroxylation is 1. The predicted octanol–water partition coefficient (Wildman–Crippen LogP) is 6.59. The van der Waals surface area contributed by atoms with Crippen LogP contribution in [0.3, 0.4) is 0 Å². The largest absolute Gasteiger partial charge is 0.375 e. The summed E-state index contributed by atoms with van der Waals surface area (Å²) >= 11 is 5.99. The average Bonchev–Trinajstić information content (AvgIpc) is 2.82. The Bertz CT molecular complexity index is 846. The monoisotopic (exact) mass is 469 g/mol. The predicted molar refractivity (Wildman–Crippen MR) is 144 cm³/mol. The number of allylic oxidation sites excluding steroid dienone is 7. The van der Waals surface area contributed by atoms with Crippen molar-refractivity contribution in [2.45, 2.75) is 52.9 Å². The highest BCUT2D eigenvalue weighted by molar-refractivity contribution is 6.31. The average molecular weight is 470 g/mol. The van der Waals surface area contributed by atoms with Gasteiger partial charge in [-0.3, -0.25) is 9.98 Å². The highest BCUT2D eigenvalue weighted by Gasteiger charge is 2.07. The van der Waals surface area contributed by atoms with Crippen LogP contribution in [0.4, 0.5) is 0 Å². The Labute approximate surface area is 205 Å². The summed E-state index contributed by atoms with van der Waals surface area (Å²) < 4.78 is 0. The van der Waals surface area contributed by atoms with Crippen LogP contribution in [-0.2, 0) is 6.42 Å². The normalized spacial score (nSPS) is 13.4. The molecule has 0 aliphatic carbocycles. The van der Waals surface area contributed by atoms with E-state index in [9.17, 15) is 0 Å². The molecule has 33 heavy (non-hydrogen) atoms. The van der Waals surface area contributed by atoms with Gasteiger partial charge in [0.05, 0.1) is 10.7 Å². The molecule has 1 atom stereocenters. The number of pyridine rings is 1. The van der Waals surface area contributed by atoms with E-state index < -0.39 is 0 Å². The van der Waals surface area contributed by atoms with Gasteiger partial charge < -0.3 is 10.0 Å². The van der Waals surface area contributed by atoms with Gasteiger partial charge in [-0.1, -0.05) is 55.3 Å². The summed E-state index contributed by atoms with van der Waals surface area (Å²) in [4.78, 5) is 10.9. The number of aliphatic hydroxyl groups is 1. The Kier molecular flexibility index (Phi) is 15.9. The summed E-state index contributed by atoms with van der Waals surface area (Å²) in [7, 11) is 2.21. The van der Waals surface area contributed by atoms with E-state index in [0.29, 0.717) is 11.0 Å². The van der Waals surface area contributed by atoms with Crippen molar-refractivity contribution in [1.29, 1.82) is 0 Å². The van der Waals surface area contributed by atoms with Gasteiger partial charge in [0.15, 0.2) is 0 Å². The van der Waals surface area contributed by atoms with Crippen LogP contribution in [0.15, 0.2) is 70.5 Å². The van der Waals surface area contributed by atoms with Crippen molar-refractivity contribution in [2.75, 3.05) is 26.9 Å².